The van der Waals surface area contributed by atoms with E-state index in [-0.39, 0.29) is 18.1 Å². The lowest BCUT2D eigenvalue weighted by Crippen LogP contribution is -2.35. The van der Waals surface area contributed by atoms with Crippen molar-refractivity contribution >= 4 is 17.4 Å². The van der Waals surface area contributed by atoms with Crippen molar-refractivity contribution in [1.82, 2.24) is 14.7 Å². The van der Waals surface area contributed by atoms with Gasteiger partial charge in [-0.15, -0.1) is 0 Å². The third-order valence-corrected chi connectivity index (χ3v) is 2.58. The van der Waals surface area contributed by atoms with Crippen LogP contribution in [-0.2, 0) is 11.8 Å². The second-order valence-corrected chi connectivity index (χ2v) is 4.28. The van der Waals surface area contributed by atoms with Gasteiger partial charge in [0.05, 0.1) is 11.5 Å². The number of likely N-dealkylation sites (N-methyl/N-ethyl adjacent to an activating group) is 2. The molecule has 0 radical (unpaired) electrons. The third kappa shape index (κ3) is 2.58. The summed E-state index contributed by atoms with van der Waals surface area (Å²) in [5.74, 6) is 0.193. The van der Waals surface area contributed by atoms with Gasteiger partial charge in [-0.2, -0.15) is 5.10 Å². The highest BCUT2D eigenvalue weighted by Crippen LogP contribution is 2.29. The molecule has 0 aliphatic rings. The molecule has 0 aliphatic carbocycles. The van der Waals surface area contributed by atoms with Gasteiger partial charge in [0.1, 0.15) is 5.69 Å². The lowest BCUT2D eigenvalue weighted by molar-refractivity contribution is -0.384. The van der Waals surface area contributed by atoms with Gasteiger partial charge in [0.15, 0.2) is 0 Å². The van der Waals surface area contributed by atoms with Crippen molar-refractivity contribution < 1.29 is 9.72 Å². The predicted octanol–water partition coefficient (Wildman–Crippen LogP) is 0.161. The molecule has 1 aromatic rings. The summed E-state index contributed by atoms with van der Waals surface area (Å²) in [7, 11) is 6.52. The summed E-state index contributed by atoms with van der Waals surface area (Å²) in [5, 5.41) is 15.0. The number of nitro groups is 1. The molecule has 0 N–H and O–H groups in total. The monoisotopic (exact) mass is 255 g/mol. The van der Waals surface area contributed by atoms with Crippen molar-refractivity contribution in [3.63, 3.8) is 0 Å². The van der Waals surface area contributed by atoms with Crippen molar-refractivity contribution in [2.45, 2.75) is 6.92 Å². The van der Waals surface area contributed by atoms with E-state index in [4.69, 9.17) is 0 Å². The molecule has 0 saturated carbocycles. The molecule has 0 atom stereocenters. The SMILES string of the molecule is Cc1nn(C)c(N(C)CC(=O)N(C)C)c1[N+](=O)[O-]. The Labute approximate surface area is 105 Å². The Hall–Kier alpha value is -2.12. The van der Waals surface area contributed by atoms with E-state index in [0.29, 0.717) is 11.5 Å². The van der Waals surface area contributed by atoms with Gasteiger partial charge < -0.3 is 9.80 Å². The minimum absolute atomic E-state index is 0.0623. The first kappa shape index (κ1) is 13.9. The number of aryl methyl sites for hydroxylation is 2. The number of hydrogen-bond donors (Lipinski definition) is 0. The maximum absolute atomic E-state index is 11.6. The Morgan fingerprint density at radius 3 is 2.44 bits per heavy atom. The normalized spacial score (nSPS) is 10.3. The van der Waals surface area contributed by atoms with Crippen LogP contribution in [0.1, 0.15) is 5.69 Å². The Kier molecular flexibility index (Phi) is 3.89. The van der Waals surface area contributed by atoms with Crippen LogP contribution in [0.4, 0.5) is 11.5 Å². The van der Waals surface area contributed by atoms with Crippen LogP contribution in [0, 0.1) is 17.0 Å². The van der Waals surface area contributed by atoms with Gasteiger partial charge in [0.25, 0.3) is 0 Å². The molecular weight excluding hydrogens is 238 g/mol. The number of carbonyl (C=O) groups is 1. The van der Waals surface area contributed by atoms with E-state index in [9.17, 15) is 14.9 Å². The van der Waals surface area contributed by atoms with Crippen molar-refractivity contribution in [2.24, 2.45) is 7.05 Å². The Morgan fingerprint density at radius 2 is 2.00 bits per heavy atom. The molecule has 0 spiro atoms. The standard InChI is InChI=1S/C10H17N5O3/c1-7-9(15(17)18)10(14(5)11-7)13(4)6-8(16)12(2)3/h6H2,1-5H3. The lowest BCUT2D eigenvalue weighted by Gasteiger charge is -2.20. The molecule has 100 valence electrons. The number of anilines is 1. The molecule has 1 aromatic heterocycles. The third-order valence-electron chi connectivity index (χ3n) is 2.58. The van der Waals surface area contributed by atoms with E-state index in [2.05, 4.69) is 5.10 Å². The first-order valence-corrected chi connectivity index (χ1v) is 5.35. The number of hydrogen-bond acceptors (Lipinski definition) is 5. The summed E-state index contributed by atoms with van der Waals surface area (Å²) in [4.78, 5) is 25.1. The van der Waals surface area contributed by atoms with Crippen LogP contribution in [-0.4, -0.2) is 53.2 Å². The fourth-order valence-corrected chi connectivity index (χ4v) is 1.70. The first-order chi connectivity index (χ1) is 8.25. The maximum Gasteiger partial charge on any atom is 0.333 e. The van der Waals surface area contributed by atoms with Crippen LogP contribution in [0.25, 0.3) is 0 Å². The fraction of sp³-hybridized carbons (Fsp3) is 0.600. The number of carbonyl (C=O) groups excluding carboxylic acids is 1. The average Bonchev–Trinajstić information content (AvgIpc) is 2.52. The highest BCUT2D eigenvalue weighted by atomic mass is 16.6. The molecule has 1 amide bonds. The minimum atomic E-state index is -0.478. The van der Waals surface area contributed by atoms with Gasteiger partial charge in [-0.25, -0.2) is 4.68 Å². The van der Waals surface area contributed by atoms with Crippen LogP contribution in [0.5, 0.6) is 0 Å². The van der Waals surface area contributed by atoms with E-state index < -0.39 is 4.92 Å². The van der Waals surface area contributed by atoms with Crippen molar-refractivity contribution in [2.75, 3.05) is 32.6 Å². The number of aromatic nitrogens is 2. The van der Waals surface area contributed by atoms with Gasteiger partial charge >= 0.3 is 5.69 Å². The smallest absolute Gasteiger partial charge is 0.333 e. The molecule has 0 saturated heterocycles. The highest BCUT2D eigenvalue weighted by Gasteiger charge is 2.27. The van der Waals surface area contributed by atoms with Gasteiger partial charge in [-0.1, -0.05) is 0 Å². The van der Waals surface area contributed by atoms with Crippen LogP contribution in [0.2, 0.25) is 0 Å². The van der Waals surface area contributed by atoms with E-state index >= 15 is 0 Å². The molecule has 0 bridgehead atoms. The number of nitrogens with zero attached hydrogens (tertiary/aromatic N) is 5. The molecule has 0 aliphatic heterocycles. The summed E-state index contributed by atoms with van der Waals surface area (Å²) in [6, 6.07) is 0. The second kappa shape index (κ2) is 5.03. The summed E-state index contributed by atoms with van der Waals surface area (Å²) < 4.78 is 1.41. The number of amides is 1. The highest BCUT2D eigenvalue weighted by molar-refractivity contribution is 5.81. The summed E-state index contributed by atoms with van der Waals surface area (Å²) in [6.07, 6.45) is 0. The lowest BCUT2D eigenvalue weighted by atomic mass is 10.3. The van der Waals surface area contributed by atoms with Gasteiger partial charge in [0, 0.05) is 28.2 Å². The largest absolute Gasteiger partial charge is 0.347 e. The molecule has 8 heteroatoms. The molecule has 0 aromatic carbocycles. The molecule has 0 unspecified atom stereocenters. The zero-order valence-electron chi connectivity index (χ0n) is 11.2. The van der Waals surface area contributed by atoms with Gasteiger partial charge in [-0.05, 0) is 6.92 Å². The Balaban J connectivity index is 3.09. The van der Waals surface area contributed by atoms with Gasteiger partial charge in [0.2, 0.25) is 11.7 Å². The van der Waals surface area contributed by atoms with Gasteiger partial charge in [-0.3, -0.25) is 14.9 Å². The molecule has 18 heavy (non-hydrogen) atoms. The maximum atomic E-state index is 11.6. The van der Waals surface area contributed by atoms with E-state index in [0.717, 1.165) is 0 Å². The zero-order valence-corrected chi connectivity index (χ0v) is 11.2. The predicted molar refractivity (Wildman–Crippen MR) is 66.6 cm³/mol. The average molecular weight is 255 g/mol. The Morgan fingerprint density at radius 1 is 1.44 bits per heavy atom. The first-order valence-electron chi connectivity index (χ1n) is 5.35. The van der Waals surface area contributed by atoms with Crippen LogP contribution >= 0.6 is 0 Å². The quantitative estimate of drug-likeness (QED) is 0.565. The summed E-state index contributed by atoms with van der Waals surface area (Å²) in [5.41, 5.74) is 0.271. The molecule has 1 heterocycles. The summed E-state index contributed by atoms with van der Waals surface area (Å²) in [6.45, 7) is 1.63. The van der Waals surface area contributed by atoms with Crippen LogP contribution in [0.15, 0.2) is 0 Å². The van der Waals surface area contributed by atoms with Crippen molar-refractivity contribution in [1.29, 1.82) is 0 Å². The van der Waals surface area contributed by atoms with Crippen molar-refractivity contribution in [3.05, 3.63) is 15.8 Å². The van der Waals surface area contributed by atoms with E-state index in [1.807, 2.05) is 0 Å². The van der Waals surface area contributed by atoms with E-state index in [1.54, 1.807) is 35.1 Å². The van der Waals surface area contributed by atoms with Crippen LogP contribution < -0.4 is 4.90 Å². The van der Waals surface area contributed by atoms with Crippen molar-refractivity contribution in [3.8, 4) is 0 Å². The fourth-order valence-electron chi connectivity index (χ4n) is 1.70. The molecule has 0 fully saturated rings. The zero-order chi connectivity index (χ0) is 14.0. The second-order valence-electron chi connectivity index (χ2n) is 4.28. The van der Waals surface area contributed by atoms with Crippen LogP contribution in [0.3, 0.4) is 0 Å². The summed E-state index contributed by atoms with van der Waals surface area (Å²) >= 11 is 0. The minimum Gasteiger partial charge on any atom is -0.347 e. The molecule has 8 nitrogen and oxygen atoms in total. The molecular formula is C10H17N5O3. The topological polar surface area (TPSA) is 84.5 Å². The Bertz CT molecular complexity index is 480. The molecule has 1 rings (SSSR count). The number of rotatable bonds is 4. The van der Waals surface area contributed by atoms with E-state index in [1.165, 1.54) is 14.5 Å².